The highest BCUT2D eigenvalue weighted by atomic mass is 127. The molecule has 2 saturated heterocycles. The van der Waals surface area contributed by atoms with E-state index in [0.29, 0.717) is 11.8 Å². The third-order valence-corrected chi connectivity index (χ3v) is 3.70. The van der Waals surface area contributed by atoms with Crippen molar-refractivity contribution < 1.29 is 33.3 Å². The summed E-state index contributed by atoms with van der Waals surface area (Å²) >= 11 is 0. The number of carbonyl (C=O) groups excluding carboxylic acids is 1. The van der Waals surface area contributed by atoms with Gasteiger partial charge in [-0.2, -0.15) is 0 Å². The van der Waals surface area contributed by atoms with Crippen molar-refractivity contribution in [3.05, 3.63) is 0 Å². The van der Waals surface area contributed by atoms with Crippen molar-refractivity contribution in [3.63, 3.8) is 0 Å². The highest BCUT2D eigenvalue weighted by molar-refractivity contribution is 5.79. The Hall–Kier alpha value is 0.360. The van der Waals surface area contributed by atoms with Gasteiger partial charge in [-0.3, -0.25) is 4.79 Å². The van der Waals surface area contributed by atoms with Crippen molar-refractivity contribution in [1.82, 2.24) is 0 Å². The van der Waals surface area contributed by atoms with Gasteiger partial charge in [0.05, 0.1) is 39.0 Å². The molecule has 0 amide bonds. The smallest absolute Gasteiger partial charge is 0.144 e. The largest absolute Gasteiger partial charge is 1.00 e. The summed E-state index contributed by atoms with van der Waals surface area (Å²) in [6.07, 6.45) is 5.67. The molecular formula is C10H18INO. The summed E-state index contributed by atoms with van der Waals surface area (Å²) in [7, 11) is 2.33. The molecular weight excluding hydrogens is 277 g/mol. The van der Waals surface area contributed by atoms with E-state index in [0.717, 1.165) is 19.4 Å². The van der Waals surface area contributed by atoms with Crippen LogP contribution in [0.3, 0.4) is 0 Å². The van der Waals surface area contributed by atoms with Gasteiger partial charge in [0.15, 0.2) is 0 Å². The lowest BCUT2D eigenvalue weighted by atomic mass is 9.90. The van der Waals surface area contributed by atoms with Crippen molar-refractivity contribution in [3.8, 4) is 0 Å². The van der Waals surface area contributed by atoms with Crippen LogP contribution in [0, 0.1) is 0 Å². The molecule has 2 unspecified atom stereocenters. The maximum atomic E-state index is 11.3. The molecule has 2 aliphatic rings. The number of ketones is 1. The molecule has 13 heavy (non-hydrogen) atoms. The van der Waals surface area contributed by atoms with Crippen molar-refractivity contribution in [2.75, 3.05) is 20.1 Å². The van der Waals surface area contributed by atoms with Gasteiger partial charge in [-0.15, -0.1) is 0 Å². The topological polar surface area (TPSA) is 17.1 Å². The van der Waals surface area contributed by atoms with Crippen LogP contribution in [-0.2, 0) is 4.79 Å². The minimum absolute atomic E-state index is 0. The molecule has 2 aliphatic heterocycles. The van der Waals surface area contributed by atoms with Crippen molar-refractivity contribution in [1.29, 1.82) is 0 Å². The van der Waals surface area contributed by atoms with Crippen LogP contribution in [0.5, 0.6) is 0 Å². The van der Waals surface area contributed by atoms with E-state index in [1.807, 2.05) is 0 Å². The summed E-state index contributed by atoms with van der Waals surface area (Å²) in [6, 6.07) is 0.667. The van der Waals surface area contributed by atoms with E-state index in [4.69, 9.17) is 0 Å². The lowest BCUT2D eigenvalue weighted by molar-refractivity contribution is -0.939. The molecule has 0 aromatic heterocycles. The summed E-state index contributed by atoms with van der Waals surface area (Å²) in [6.45, 7) is 2.40. The zero-order chi connectivity index (χ0) is 8.60. The fourth-order valence-corrected chi connectivity index (χ4v) is 2.71. The molecule has 0 saturated carbocycles. The highest BCUT2D eigenvalue weighted by Gasteiger charge is 2.40. The summed E-state index contributed by atoms with van der Waals surface area (Å²) in [5, 5.41) is 0. The third-order valence-electron chi connectivity index (χ3n) is 3.70. The standard InChI is InChI=1S/C10H18NO.HI/c1-11-6-3-2-4-9(11)8-10(12)5-7-11;/h9H,2-8H2,1H3;1H/q+1;/p-1. The van der Waals surface area contributed by atoms with Crippen LogP contribution in [0.25, 0.3) is 0 Å². The Balaban J connectivity index is 0.000000845. The van der Waals surface area contributed by atoms with Crippen molar-refractivity contribution in [2.45, 2.75) is 38.1 Å². The minimum Gasteiger partial charge on any atom is -1.00 e. The van der Waals surface area contributed by atoms with Crippen LogP contribution in [0.4, 0.5) is 0 Å². The van der Waals surface area contributed by atoms with E-state index in [1.54, 1.807) is 0 Å². The molecule has 0 spiro atoms. The van der Waals surface area contributed by atoms with Crippen molar-refractivity contribution >= 4 is 5.78 Å². The normalized spacial score (nSPS) is 39.2. The second-order valence-corrected chi connectivity index (χ2v) is 4.57. The Kier molecular flexibility index (Phi) is 3.74. The van der Waals surface area contributed by atoms with Gasteiger partial charge in [0, 0.05) is 6.42 Å². The van der Waals surface area contributed by atoms with Crippen LogP contribution in [0.2, 0.25) is 0 Å². The molecule has 2 fully saturated rings. The van der Waals surface area contributed by atoms with Crippen molar-refractivity contribution in [2.24, 2.45) is 0 Å². The Bertz CT molecular complexity index is 207. The maximum Gasteiger partial charge on any atom is 0.144 e. The number of hydrogen-bond acceptors (Lipinski definition) is 1. The fraction of sp³-hybridized carbons (Fsp3) is 0.900. The summed E-state index contributed by atoms with van der Waals surface area (Å²) in [5.41, 5.74) is 0. The molecule has 0 aliphatic carbocycles. The molecule has 0 radical (unpaired) electrons. The average Bonchev–Trinajstić information content (AvgIpc) is 2.06. The molecule has 2 nitrogen and oxygen atoms in total. The summed E-state index contributed by atoms with van der Waals surface area (Å²) < 4.78 is 1.19. The first-order chi connectivity index (χ1) is 5.71. The Labute approximate surface area is 97.3 Å². The van der Waals surface area contributed by atoms with Crippen LogP contribution < -0.4 is 24.0 Å². The fourth-order valence-electron chi connectivity index (χ4n) is 2.71. The van der Waals surface area contributed by atoms with Gasteiger partial charge in [0.2, 0.25) is 0 Å². The van der Waals surface area contributed by atoms with Crippen LogP contribution >= 0.6 is 0 Å². The van der Waals surface area contributed by atoms with Gasteiger partial charge >= 0.3 is 0 Å². The van der Waals surface area contributed by atoms with E-state index in [1.165, 1.54) is 30.3 Å². The number of rotatable bonds is 0. The highest BCUT2D eigenvalue weighted by Crippen LogP contribution is 2.30. The van der Waals surface area contributed by atoms with Crippen LogP contribution in [0.1, 0.15) is 32.1 Å². The third kappa shape index (κ3) is 2.24. The number of fused-ring (bicyclic) bond motifs is 1. The maximum absolute atomic E-state index is 11.3. The molecule has 0 aromatic rings. The SMILES string of the molecule is C[N+]12CCCCC1CC(=O)CC2.[I-]. The average molecular weight is 295 g/mol. The first kappa shape index (κ1) is 11.4. The molecule has 2 atom stereocenters. The van der Waals surface area contributed by atoms with E-state index < -0.39 is 0 Å². The first-order valence-corrected chi connectivity index (χ1v) is 5.07. The second kappa shape index (κ2) is 4.26. The number of Topliss-reactive ketones (excluding diaryl/α,β-unsaturated/α-hetero) is 1. The number of hydrogen-bond donors (Lipinski definition) is 0. The van der Waals surface area contributed by atoms with E-state index in [-0.39, 0.29) is 24.0 Å². The zero-order valence-corrected chi connectivity index (χ0v) is 10.4. The van der Waals surface area contributed by atoms with Gasteiger partial charge in [-0.1, -0.05) is 0 Å². The molecule has 0 aromatic carbocycles. The number of halogens is 1. The van der Waals surface area contributed by atoms with Gasteiger partial charge in [-0.25, -0.2) is 0 Å². The lowest BCUT2D eigenvalue weighted by Gasteiger charge is -2.47. The summed E-state index contributed by atoms with van der Waals surface area (Å²) in [4.78, 5) is 11.3. The van der Waals surface area contributed by atoms with Gasteiger partial charge < -0.3 is 28.5 Å². The predicted octanol–water partition coefficient (Wildman–Crippen LogP) is -1.65. The predicted molar refractivity (Wildman–Crippen MR) is 47.8 cm³/mol. The quantitative estimate of drug-likeness (QED) is 0.387. The number of nitrogens with zero attached hydrogens (tertiary/aromatic N) is 1. The lowest BCUT2D eigenvalue weighted by Crippen LogP contribution is -3.00. The van der Waals surface area contributed by atoms with E-state index in [9.17, 15) is 4.79 Å². The molecule has 0 N–H and O–H groups in total. The summed E-state index contributed by atoms with van der Waals surface area (Å²) in [5.74, 6) is 0.498. The zero-order valence-electron chi connectivity index (χ0n) is 8.26. The Morgan fingerprint density at radius 1 is 1.31 bits per heavy atom. The first-order valence-electron chi connectivity index (χ1n) is 5.07. The molecule has 3 heteroatoms. The minimum atomic E-state index is 0. The number of piperidine rings is 2. The van der Waals surface area contributed by atoms with E-state index >= 15 is 0 Å². The molecule has 2 heterocycles. The number of carbonyl (C=O) groups is 1. The Morgan fingerprint density at radius 3 is 2.85 bits per heavy atom. The monoisotopic (exact) mass is 295 g/mol. The van der Waals surface area contributed by atoms with Gasteiger partial charge in [0.1, 0.15) is 5.78 Å². The number of quaternary nitrogens is 1. The van der Waals surface area contributed by atoms with E-state index in [2.05, 4.69) is 7.05 Å². The molecule has 2 rings (SSSR count). The van der Waals surface area contributed by atoms with Gasteiger partial charge in [0.25, 0.3) is 0 Å². The van der Waals surface area contributed by atoms with Crippen LogP contribution in [-0.4, -0.2) is 36.4 Å². The van der Waals surface area contributed by atoms with Gasteiger partial charge in [-0.05, 0) is 12.8 Å². The van der Waals surface area contributed by atoms with Crippen LogP contribution in [0.15, 0.2) is 0 Å². The molecule has 76 valence electrons. The molecule has 0 bridgehead atoms. The second-order valence-electron chi connectivity index (χ2n) is 4.57. The Morgan fingerprint density at radius 2 is 2.08 bits per heavy atom.